The highest BCUT2D eigenvalue weighted by atomic mass is 15.1. The lowest BCUT2D eigenvalue weighted by Gasteiger charge is -2.32. The number of rotatable bonds is 4. The Labute approximate surface area is 115 Å². The minimum Gasteiger partial charge on any atom is -0.399 e. The molecule has 0 saturated carbocycles. The number of hydrogen-bond donors (Lipinski definition) is 1. The van der Waals surface area contributed by atoms with Crippen LogP contribution in [0.25, 0.3) is 0 Å². The summed E-state index contributed by atoms with van der Waals surface area (Å²) in [4.78, 5) is 2.29. The van der Waals surface area contributed by atoms with Gasteiger partial charge in [0.1, 0.15) is 0 Å². The monoisotopic (exact) mass is 254 g/mol. The summed E-state index contributed by atoms with van der Waals surface area (Å²) in [6.45, 7) is 5.48. The second-order valence-electron chi connectivity index (χ2n) is 5.70. The van der Waals surface area contributed by atoms with Gasteiger partial charge in [0.05, 0.1) is 0 Å². The molecular formula is C17H22N2. The minimum absolute atomic E-state index is 0.0816. The van der Waals surface area contributed by atoms with E-state index >= 15 is 0 Å². The molecule has 0 amide bonds. The molecule has 0 aromatic heterocycles. The second-order valence-corrected chi connectivity index (χ2v) is 5.70. The summed E-state index contributed by atoms with van der Waals surface area (Å²) in [5.74, 6) is 0. The Morgan fingerprint density at radius 3 is 2.11 bits per heavy atom. The lowest BCUT2D eigenvalue weighted by atomic mass is 9.84. The Morgan fingerprint density at radius 1 is 0.947 bits per heavy atom. The largest absolute Gasteiger partial charge is 0.399 e. The quantitative estimate of drug-likeness (QED) is 0.843. The Hall–Kier alpha value is -1.96. The molecule has 0 atom stereocenters. The van der Waals surface area contributed by atoms with Crippen molar-refractivity contribution in [2.75, 3.05) is 24.2 Å². The summed E-state index contributed by atoms with van der Waals surface area (Å²) < 4.78 is 0. The molecule has 2 aromatic rings. The van der Waals surface area contributed by atoms with Crippen molar-refractivity contribution in [3.8, 4) is 0 Å². The highest BCUT2D eigenvalue weighted by Gasteiger charge is 2.22. The third-order valence-electron chi connectivity index (χ3n) is 3.52. The fourth-order valence-corrected chi connectivity index (χ4v) is 2.39. The summed E-state index contributed by atoms with van der Waals surface area (Å²) in [5, 5.41) is 0. The van der Waals surface area contributed by atoms with Crippen molar-refractivity contribution in [3.63, 3.8) is 0 Å². The average molecular weight is 254 g/mol. The number of anilines is 2. The van der Waals surface area contributed by atoms with Crippen LogP contribution in [-0.4, -0.2) is 13.6 Å². The first-order valence-electron chi connectivity index (χ1n) is 6.61. The summed E-state index contributed by atoms with van der Waals surface area (Å²) in [6, 6.07) is 18.6. The van der Waals surface area contributed by atoms with E-state index in [0.29, 0.717) is 0 Å². The van der Waals surface area contributed by atoms with Gasteiger partial charge < -0.3 is 10.6 Å². The number of likely N-dealkylation sites (N-methyl/N-ethyl adjacent to an activating group) is 1. The SMILES string of the molecule is CN(CC(C)(C)c1ccc(N)cc1)c1ccccc1. The maximum atomic E-state index is 5.75. The first-order chi connectivity index (χ1) is 8.99. The van der Waals surface area contributed by atoms with Crippen molar-refractivity contribution in [2.24, 2.45) is 0 Å². The van der Waals surface area contributed by atoms with Crippen molar-refractivity contribution in [1.29, 1.82) is 0 Å². The average Bonchev–Trinajstić information content (AvgIpc) is 2.40. The van der Waals surface area contributed by atoms with Gasteiger partial charge in [0.2, 0.25) is 0 Å². The van der Waals surface area contributed by atoms with Crippen LogP contribution < -0.4 is 10.6 Å². The number of nitrogen functional groups attached to an aromatic ring is 1. The van der Waals surface area contributed by atoms with Crippen LogP contribution in [0.3, 0.4) is 0 Å². The predicted octanol–water partition coefficient (Wildman–Crippen LogP) is 3.68. The van der Waals surface area contributed by atoms with E-state index in [1.807, 2.05) is 18.2 Å². The number of para-hydroxylation sites is 1. The zero-order valence-electron chi connectivity index (χ0n) is 11.9. The maximum Gasteiger partial charge on any atom is 0.0363 e. The molecule has 0 heterocycles. The normalized spacial score (nSPS) is 11.3. The molecule has 0 bridgehead atoms. The van der Waals surface area contributed by atoms with Crippen LogP contribution in [0.15, 0.2) is 54.6 Å². The molecule has 0 saturated heterocycles. The fourth-order valence-electron chi connectivity index (χ4n) is 2.39. The first kappa shape index (κ1) is 13.5. The first-order valence-corrected chi connectivity index (χ1v) is 6.61. The Bertz CT molecular complexity index is 515. The standard InChI is InChI=1S/C17H22N2/c1-17(2,14-9-11-15(18)12-10-14)13-19(3)16-7-5-4-6-8-16/h4-12H,13,18H2,1-3H3. The van der Waals surface area contributed by atoms with E-state index < -0.39 is 0 Å². The molecule has 100 valence electrons. The minimum atomic E-state index is 0.0816. The van der Waals surface area contributed by atoms with Gasteiger partial charge in [0, 0.05) is 30.4 Å². The molecule has 0 radical (unpaired) electrons. The maximum absolute atomic E-state index is 5.75. The summed E-state index contributed by atoms with van der Waals surface area (Å²) in [6.07, 6.45) is 0. The summed E-state index contributed by atoms with van der Waals surface area (Å²) in [7, 11) is 2.13. The Balaban J connectivity index is 2.15. The molecule has 2 nitrogen and oxygen atoms in total. The van der Waals surface area contributed by atoms with Crippen molar-refractivity contribution >= 4 is 11.4 Å². The van der Waals surface area contributed by atoms with E-state index in [4.69, 9.17) is 5.73 Å². The smallest absolute Gasteiger partial charge is 0.0363 e. The highest BCUT2D eigenvalue weighted by Crippen LogP contribution is 2.26. The zero-order chi connectivity index (χ0) is 13.9. The predicted molar refractivity (Wildman–Crippen MR) is 83.6 cm³/mol. The van der Waals surface area contributed by atoms with Gasteiger partial charge >= 0.3 is 0 Å². The van der Waals surface area contributed by atoms with Crippen molar-refractivity contribution in [3.05, 3.63) is 60.2 Å². The van der Waals surface area contributed by atoms with Gasteiger partial charge in [-0.3, -0.25) is 0 Å². The molecule has 2 aromatic carbocycles. The molecule has 2 rings (SSSR count). The second kappa shape index (κ2) is 5.35. The van der Waals surface area contributed by atoms with E-state index in [1.165, 1.54) is 11.3 Å². The van der Waals surface area contributed by atoms with Crippen LogP contribution in [0, 0.1) is 0 Å². The molecule has 2 heteroatoms. The van der Waals surface area contributed by atoms with Gasteiger partial charge in [-0.2, -0.15) is 0 Å². The van der Waals surface area contributed by atoms with Crippen LogP contribution in [0.2, 0.25) is 0 Å². The van der Waals surface area contributed by atoms with Gasteiger partial charge in [-0.05, 0) is 29.8 Å². The highest BCUT2D eigenvalue weighted by molar-refractivity contribution is 5.47. The van der Waals surface area contributed by atoms with Crippen LogP contribution in [0.5, 0.6) is 0 Å². The molecule has 0 unspecified atom stereocenters. The number of benzene rings is 2. The van der Waals surface area contributed by atoms with Crippen molar-refractivity contribution in [2.45, 2.75) is 19.3 Å². The molecule has 0 aliphatic rings. The van der Waals surface area contributed by atoms with Gasteiger partial charge in [-0.15, -0.1) is 0 Å². The lowest BCUT2D eigenvalue weighted by Crippen LogP contribution is -2.34. The Kier molecular flexibility index (Phi) is 3.79. The number of nitrogens with two attached hydrogens (primary N) is 1. The van der Waals surface area contributed by atoms with E-state index in [-0.39, 0.29) is 5.41 Å². The van der Waals surface area contributed by atoms with E-state index in [9.17, 15) is 0 Å². The molecule has 19 heavy (non-hydrogen) atoms. The molecule has 0 aliphatic heterocycles. The number of nitrogens with zero attached hydrogens (tertiary/aromatic N) is 1. The van der Waals surface area contributed by atoms with Crippen LogP contribution in [0.1, 0.15) is 19.4 Å². The van der Waals surface area contributed by atoms with Gasteiger partial charge in [0.25, 0.3) is 0 Å². The molecular weight excluding hydrogens is 232 g/mol. The molecule has 2 N–H and O–H groups in total. The zero-order valence-corrected chi connectivity index (χ0v) is 11.9. The third kappa shape index (κ3) is 3.28. The van der Waals surface area contributed by atoms with E-state index in [2.05, 4.69) is 62.2 Å². The van der Waals surface area contributed by atoms with Crippen LogP contribution in [-0.2, 0) is 5.41 Å². The molecule has 0 spiro atoms. The molecule has 0 aliphatic carbocycles. The van der Waals surface area contributed by atoms with Crippen molar-refractivity contribution < 1.29 is 0 Å². The topological polar surface area (TPSA) is 29.3 Å². The number of hydrogen-bond acceptors (Lipinski definition) is 2. The van der Waals surface area contributed by atoms with E-state index in [1.54, 1.807) is 0 Å². The fraction of sp³-hybridized carbons (Fsp3) is 0.294. The third-order valence-corrected chi connectivity index (χ3v) is 3.52. The van der Waals surface area contributed by atoms with Gasteiger partial charge in [0.15, 0.2) is 0 Å². The Morgan fingerprint density at radius 2 is 1.53 bits per heavy atom. The van der Waals surface area contributed by atoms with Crippen LogP contribution >= 0.6 is 0 Å². The van der Waals surface area contributed by atoms with Gasteiger partial charge in [-0.25, -0.2) is 0 Å². The van der Waals surface area contributed by atoms with E-state index in [0.717, 1.165) is 12.2 Å². The van der Waals surface area contributed by atoms with Gasteiger partial charge in [-0.1, -0.05) is 44.2 Å². The van der Waals surface area contributed by atoms with Crippen LogP contribution in [0.4, 0.5) is 11.4 Å². The summed E-state index contributed by atoms with van der Waals surface area (Å²) >= 11 is 0. The molecule has 0 fully saturated rings. The summed E-state index contributed by atoms with van der Waals surface area (Å²) in [5.41, 5.74) is 9.20. The lowest BCUT2D eigenvalue weighted by molar-refractivity contribution is 0.524. The van der Waals surface area contributed by atoms with Crippen molar-refractivity contribution in [1.82, 2.24) is 0 Å².